The highest BCUT2D eigenvalue weighted by molar-refractivity contribution is 5.26. The van der Waals surface area contributed by atoms with Crippen LogP contribution in [-0.4, -0.2) is 0 Å². The molecule has 0 radical (unpaired) electrons. The van der Waals surface area contributed by atoms with Crippen molar-refractivity contribution in [3.63, 3.8) is 0 Å². The molecule has 0 bridgehead atoms. The fourth-order valence-electron chi connectivity index (χ4n) is 5.89. The van der Waals surface area contributed by atoms with E-state index in [0.29, 0.717) is 0 Å². The zero-order valence-corrected chi connectivity index (χ0v) is 9.62. The van der Waals surface area contributed by atoms with Crippen molar-refractivity contribution in [2.24, 2.45) is 40.9 Å². The first kappa shape index (κ1) is 8.14. The van der Waals surface area contributed by atoms with Crippen LogP contribution in [0.4, 0.5) is 0 Å². The van der Waals surface area contributed by atoms with E-state index in [9.17, 15) is 0 Å². The van der Waals surface area contributed by atoms with E-state index in [1.54, 1.807) is 51.4 Å². The quantitative estimate of drug-likeness (QED) is 0.638. The summed E-state index contributed by atoms with van der Waals surface area (Å²) in [5, 5.41) is 0. The van der Waals surface area contributed by atoms with Gasteiger partial charge in [0.15, 0.2) is 0 Å². The Labute approximate surface area is 92.8 Å². The van der Waals surface area contributed by atoms with Gasteiger partial charge in [-0.15, -0.1) is 0 Å². The molecule has 0 aliphatic heterocycles. The standard InChI is InChI=1S/C15H22/c1-2-4-9(3-1)12-7-15(12)8-13(15)14-10-5-6-11(10)14/h9-14H,1-8H2. The summed E-state index contributed by atoms with van der Waals surface area (Å²) >= 11 is 0. The van der Waals surface area contributed by atoms with Crippen LogP contribution in [0.1, 0.15) is 51.4 Å². The molecule has 0 amide bonds. The summed E-state index contributed by atoms with van der Waals surface area (Å²) in [5.41, 5.74) is 0.983. The lowest BCUT2D eigenvalue weighted by Gasteiger charge is -2.07. The van der Waals surface area contributed by atoms with Crippen LogP contribution in [0.3, 0.4) is 0 Å². The highest BCUT2D eigenvalue weighted by Crippen LogP contribution is 2.85. The Balaban J connectivity index is 1.29. The first-order chi connectivity index (χ1) is 7.40. The summed E-state index contributed by atoms with van der Waals surface area (Å²) in [6.45, 7) is 0. The van der Waals surface area contributed by atoms with E-state index in [-0.39, 0.29) is 0 Å². The van der Waals surface area contributed by atoms with Gasteiger partial charge in [-0.05, 0) is 66.6 Å². The second-order valence-electron chi connectivity index (χ2n) is 7.38. The Morgan fingerprint density at radius 2 is 1.40 bits per heavy atom. The Morgan fingerprint density at radius 3 is 2.07 bits per heavy atom. The van der Waals surface area contributed by atoms with Crippen molar-refractivity contribution in [1.82, 2.24) is 0 Å². The molecular weight excluding hydrogens is 180 g/mol. The lowest BCUT2D eigenvalue weighted by atomic mass is 9.98. The first-order valence-electron chi connectivity index (χ1n) is 7.40. The molecule has 5 saturated carbocycles. The van der Waals surface area contributed by atoms with Crippen molar-refractivity contribution < 1.29 is 0 Å². The molecule has 0 heteroatoms. The summed E-state index contributed by atoms with van der Waals surface area (Å²) in [6.07, 6.45) is 12.8. The molecule has 0 saturated heterocycles. The minimum Gasteiger partial charge on any atom is -0.0530 e. The summed E-state index contributed by atoms with van der Waals surface area (Å²) in [7, 11) is 0. The summed E-state index contributed by atoms with van der Waals surface area (Å²) in [4.78, 5) is 0. The van der Waals surface area contributed by atoms with Gasteiger partial charge in [-0.3, -0.25) is 0 Å². The number of fused-ring (bicyclic) bond motifs is 1. The predicted molar refractivity (Wildman–Crippen MR) is 60.3 cm³/mol. The van der Waals surface area contributed by atoms with E-state index in [0.717, 1.165) is 5.41 Å². The zero-order valence-electron chi connectivity index (χ0n) is 9.62. The van der Waals surface area contributed by atoms with E-state index in [1.165, 1.54) is 35.5 Å². The summed E-state index contributed by atoms with van der Waals surface area (Å²) in [5.74, 6) is 7.42. The second-order valence-corrected chi connectivity index (χ2v) is 7.38. The van der Waals surface area contributed by atoms with Crippen molar-refractivity contribution in [2.75, 3.05) is 0 Å². The third-order valence-electron chi connectivity index (χ3n) is 7.02. The maximum absolute atomic E-state index is 1.67. The van der Waals surface area contributed by atoms with Gasteiger partial charge in [-0.25, -0.2) is 0 Å². The van der Waals surface area contributed by atoms with E-state index in [4.69, 9.17) is 0 Å². The molecule has 5 fully saturated rings. The molecular formula is C15H22. The van der Waals surface area contributed by atoms with Gasteiger partial charge in [0.1, 0.15) is 0 Å². The fraction of sp³-hybridized carbons (Fsp3) is 1.00. The maximum atomic E-state index is 1.67. The highest BCUT2D eigenvalue weighted by atomic mass is 14.8. The van der Waals surface area contributed by atoms with Crippen molar-refractivity contribution in [1.29, 1.82) is 0 Å². The molecule has 15 heavy (non-hydrogen) atoms. The largest absolute Gasteiger partial charge is 0.0530 e. The minimum absolute atomic E-state index is 0.983. The molecule has 0 aromatic heterocycles. The van der Waals surface area contributed by atoms with Crippen LogP contribution in [0.2, 0.25) is 0 Å². The van der Waals surface area contributed by atoms with Crippen LogP contribution in [0.5, 0.6) is 0 Å². The van der Waals surface area contributed by atoms with Crippen LogP contribution in [0.15, 0.2) is 0 Å². The molecule has 0 heterocycles. The van der Waals surface area contributed by atoms with Crippen LogP contribution in [0.25, 0.3) is 0 Å². The number of rotatable bonds is 2. The molecule has 1 spiro atoms. The first-order valence-corrected chi connectivity index (χ1v) is 7.40. The second kappa shape index (κ2) is 2.31. The highest BCUT2D eigenvalue weighted by Gasteiger charge is 2.78. The Bertz CT molecular complexity index is 288. The lowest BCUT2D eigenvalue weighted by molar-refractivity contribution is 0.421. The van der Waals surface area contributed by atoms with Crippen molar-refractivity contribution in [3.8, 4) is 0 Å². The Hall–Kier alpha value is 0. The zero-order chi connectivity index (χ0) is 9.62. The Kier molecular flexibility index (Phi) is 1.25. The average molecular weight is 202 g/mol. The fourth-order valence-corrected chi connectivity index (χ4v) is 5.89. The molecule has 5 aliphatic rings. The van der Waals surface area contributed by atoms with Crippen molar-refractivity contribution in [2.45, 2.75) is 51.4 Å². The van der Waals surface area contributed by atoms with Gasteiger partial charge < -0.3 is 0 Å². The molecule has 5 unspecified atom stereocenters. The maximum Gasteiger partial charge on any atom is -0.0229 e. The third-order valence-corrected chi connectivity index (χ3v) is 7.02. The molecule has 0 nitrogen and oxygen atoms in total. The smallest absolute Gasteiger partial charge is 0.0229 e. The van der Waals surface area contributed by atoms with Gasteiger partial charge in [0.25, 0.3) is 0 Å². The van der Waals surface area contributed by atoms with Crippen LogP contribution < -0.4 is 0 Å². The van der Waals surface area contributed by atoms with Gasteiger partial charge in [-0.2, -0.15) is 0 Å². The van der Waals surface area contributed by atoms with Crippen molar-refractivity contribution in [3.05, 3.63) is 0 Å². The van der Waals surface area contributed by atoms with Gasteiger partial charge >= 0.3 is 0 Å². The van der Waals surface area contributed by atoms with E-state index < -0.39 is 0 Å². The van der Waals surface area contributed by atoms with Gasteiger partial charge in [0.05, 0.1) is 0 Å². The van der Waals surface area contributed by atoms with Gasteiger partial charge in [-0.1, -0.05) is 25.7 Å². The lowest BCUT2D eigenvalue weighted by Crippen LogP contribution is -2.00. The van der Waals surface area contributed by atoms with E-state index in [2.05, 4.69) is 0 Å². The molecule has 5 atom stereocenters. The monoisotopic (exact) mass is 202 g/mol. The van der Waals surface area contributed by atoms with Gasteiger partial charge in [0.2, 0.25) is 0 Å². The van der Waals surface area contributed by atoms with E-state index in [1.807, 2.05) is 0 Å². The normalized spacial score (nSPS) is 65.2. The minimum atomic E-state index is 0.983. The predicted octanol–water partition coefficient (Wildman–Crippen LogP) is 3.86. The van der Waals surface area contributed by atoms with Crippen molar-refractivity contribution >= 4 is 0 Å². The summed E-state index contributed by atoms with van der Waals surface area (Å²) in [6, 6.07) is 0. The molecule has 82 valence electrons. The van der Waals surface area contributed by atoms with Crippen LogP contribution in [-0.2, 0) is 0 Å². The Morgan fingerprint density at radius 1 is 0.733 bits per heavy atom. The molecule has 0 N–H and O–H groups in total. The molecule has 0 aromatic rings. The third kappa shape index (κ3) is 0.875. The summed E-state index contributed by atoms with van der Waals surface area (Å²) < 4.78 is 0. The SMILES string of the molecule is C1CCC(C2CC23CC3C2C3CCC32)C1. The molecule has 0 aromatic carbocycles. The van der Waals surface area contributed by atoms with Gasteiger partial charge in [0, 0.05) is 0 Å². The molecule has 5 aliphatic carbocycles. The molecule has 5 rings (SSSR count). The van der Waals surface area contributed by atoms with Crippen LogP contribution >= 0.6 is 0 Å². The van der Waals surface area contributed by atoms with E-state index >= 15 is 0 Å². The number of hydrogen-bond acceptors (Lipinski definition) is 0. The number of hydrogen-bond donors (Lipinski definition) is 0. The topological polar surface area (TPSA) is 0 Å². The average Bonchev–Trinajstić information content (AvgIpc) is 3.11. The van der Waals surface area contributed by atoms with Crippen LogP contribution in [0, 0.1) is 40.9 Å².